The van der Waals surface area contributed by atoms with E-state index in [9.17, 15) is 17.8 Å². The Labute approximate surface area is 109 Å². The molecule has 1 unspecified atom stereocenters. The van der Waals surface area contributed by atoms with Gasteiger partial charge >= 0.3 is 0 Å². The molecule has 0 aliphatic heterocycles. The molecule has 1 atom stereocenters. The third kappa shape index (κ3) is 2.43. The van der Waals surface area contributed by atoms with Crippen LogP contribution < -0.4 is 11.5 Å². The second kappa shape index (κ2) is 4.61. The quantitative estimate of drug-likeness (QED) is 0.709. The van der Waals surface area contributed by atoms with E-state index in [0.717, 1.165) is 0 Å². The van der Waals surface area contributed by atoms with Crippen molar-refractivity contribution in [2.24, 2.45) is 11.5 Å². The third-order valence-corrected chi connectivity index (χ3v) is 3.75. The molecule has 0 bridgehead atoms. The first kappa shape index (κ1) is 13.5. The molecule has 100 valence electrons. The molecule has 0 spiro atoms. The van der Waals surface area contributed by atoms with Gasteiger partial charge in [0, 0.05) is 5.39 Å². The van der Waals surface area contributed by atoms with Gasteiger partial charge in [-0.3, -0.25) is 9.35 Å². The molecule has 1 amide bonds. The number of fused-ring (bicyclic) bond motifs is 1. The first-order valence-electron chi connectivity index (χ1n) is 5.36. The first-order valence-corrected chi connectivity index (χ1v) is 6.80. The van der Waals surface area contributed by atoms with Gasteiger partial charge in [0.1, 0.15) is 10.9 Å². The predicted octanol–water partition coefficient (Wildman–Crippen LogP) is 0.572. The van der Waals surface area contributed by atoms with Crippen molar-refractivity contribution in [1.82, 2.24) is 0 Å². The lowest BCUT2D eigenvalue weighted by molar-refractivity contribution is -0.119. The summed E-state index contributed by atoms with van der Waals surface area (Å²) in [6, 6.07) is 7.97. The summed E-state index contributed by atoms with van der Waals surface area (Å²) in [6.45, 7) is 0. The zero-order valence-electron chi connectivity index (χ0n) is 9.78. The van der Waals surface area contributed by atoms with Gasteiger partial charge in [0.05, 0.1) is 0 Å². The maximum Gasteiger partial charge on any atom is 0.295 e. The minimum atomic E-state index is -4.35. The largest absolute Gasteiger partial charge is 0.368 e. The zero-order valence-corrected chi connectivity index (χ0v) is 10.6. The molecule has 2 rings (SSSR count). The lowest BCUT2D eigenvalue weighted by atomic mass is 9.99. The van der Waals surface area contributed by atoms with E-state index in [1.54, 1.807) is 18.2 Å². The number of primary amides is 1. The lowest BCUT2D eigenvalue weighted by Crippen LogP contribution is -2.28. The van der Waals surface area contributed by atoms with Crippen molar-refractivity contribution < 1.29 is 17.8 Å². The highest BCUT2D eigenvalue weighted by Crippen LogP contribution is 2.28. The van der Waals surface area contributed by atoms with Crippen molar-refractivity contribution in [2.45, 2.75) is 10.9 Å². The van der Waals surface area contributed by atoms with Crippen molar-refractivity contribution in [2.75, 3.05) is 0 Å². The van der Waals surface area contributed by atoms with Gasteiger partial charge in [0.15, 0.2) is 0 Å². The summed E-state index contributed by atoms with van der Waals surface area (Å²) in [5.74, 6) is -0.718. The van der Waals surface area contributed by atoms with E-state index in [0.29, 0.717) is 16.3 Å². The second-order valence-electron chi connectivity index (χ2n) is 4.05. The van der Waals surface area contributed by atoms with E-state index in [1.165, 1.54) is 18.2 Å². The zero-order chi connectivity index (χ0) is 14.2. The Morgan fingerprint density at radius 3 is 2.26 bits per heavy atom. The van der Waals surface area contributed by atoms with Crippen molar-refractivity contribution >= 4 is 26.8 Å². The Kier molecular flexibility index (Phi) is 3.27. The fourth-order valence-corrected chi connectivity index (χ4v) is 2.66. The molecule has 0 aliphatic rings. The van der Waals surface area contributed by atoms with Gasteiger partial charge in [0.25, 0.3) is 10.1 Å². The van der Waals surface area contributed by atoms with Gasteiger partial charge in [-0.05, 0) is 17.0 Å². The van der Waals surface area contributed by atoms with E-state index in [2.05, 4.69) is 0 Å². The molecular weight excluding hydrogens is 268 g/mol. The van der Waals surface area contributed by atoms with Crippen LogP contribution in [0.1, 0.15) is 11.6 Å². The van der Waals surface area contributed by atoms with Crippen molar-refractivity contribution in [3.8, 4) is 0 Å². The van der Waals surface area contributed by atoms with E-state index < -0.39 is 22.1 Å². The number of amides is 1. The SMILES string of the molecule is NC(=O)C(N)c1cccc2c(S(=O)(=O)O)cccc12. The summed E-state index contributed by atoms with van der Waals surface area (Å²) >= 11 is 0. The summed E-state index contributed by atoms with van der Waals surface area (Å²) < 4.78 is 31.8. The summed E-state index contributed by atoms with van der Waals surface area (Å²) in [5.41, 5.74) is 11.2. The molecule has 2 aromatic carbocycles. The van der Waals surface area contributed by atoms with Crippen LogP contribution in [0.15, 0.2) is 41.3 Å². The van der Waals surface area contributed by atoms with E-state index in [1.807, 2.05) is 0 Å². The highest BCUT2D eigenvalue weighted by molar-refractivity contribution is 7.86. The Hall–Kier alpha value is -1.96. The Morgan fingerprint density at radius 2 is 1.68 bits per heavy atom. The normalized spacial score (nSPS) is 13.4. The fraction of sp³-hybridized carbons (Fsp3) is 0.0833. The maximum absolute atomic E-state index is 11.3. The molecule has 0 radical (unpaired) electrons. The van der Waals surface area contributed by atoms with Crippen LogP contribution in [0.4, 0.5) is 0 Å². The summed E-state index contributed by atoms with van der Waals surface area (Å²) in [4.78, 5) is 10.9. The van der Waals surface area contributed by atoms with Crippen molar-refractivity contribution in [3.63, 3.8) is 0 Å². The molecule has 6 nitrogen and oxygen atoms in total. The van der Waals surface area contributed by atoms with Crippen molar-refractivity contribution in [1.29, 1.82) is 0 Å². The molecule has 0 saturated heterocycles. The van der Waals surface area contributed by atoms with Gasteiger partial charge < -0.3 is 11.5 Å². The lowest BCUT2D eigenvalue weighted by Gasteiger charge is -2.12. The number of hydrogen-bond donors (Lipinski definition) is 3. The second-order valence-corrected chi connectivity index (χ2v) is 5.44. The molecular formula is C12H12N2O4S. The van der Waals surface area contributed by atoms with Gasteiger partial charge in [-0.15, -0.1) is 0 Å². The van der Waals surface area contributed by atoms with Crippen LogP contribution >= 0.6 is 0 Å². The summed E-state index contributed by atoms with van der Waals surface area (Å²) in [6.07, 6.45) is 0. The van der Waals surface area contributed by atoms with Gasteiger partial charge in [-0.1, -0.05) is 30.3 Å². The van der Waals surface area contributed by atoms with Crippen LogP contribution in [0.2, 0.25) is 0 Å². The van der Waals surface area contributed by atoms with Gasteiger partial charge in [-0.2, -0.15) is 8.42 Å². The Bertz CT molecular complexity index is 755. The molecule has 0 saturated carbocycles. The van der Waals surface area contributed by atoms with Crippen LogP contribution in [0.25, 0.3) is 10.8 Å². The summed E-state index contributed by atoms with van der Waals surface area (Å²) in [7, 11) is -4.35. The number of carbonyl (C=O) groups is 1. The minimum absolute atomic E-state index is 0.233. The first-order chi connectivity index (χ1) is 8.82. The number of hydrogen-bond acceptors (Lipinski definition) is 4. The van der Waals surface area contributed by atoms with Crippen LogP contribution in [0.3, 0.4) is 0 Å². The standard InChI is InChI=1S/C12H12N2O4S/c13-11(12(14)15)9-5-1-4-8-7(9)3-2-6-10(8)19(16,17)18/h1-6,11H,13H2,(H2,14,15)(H,16,17,18). The van der Waals surface area contributed by atoms with Gasteiger partial charge in [0.2, 0.25) is 5.91 Å². The number of rotatable bonds is 3. The van der Waals surface area contributed by atoms with Crippen LogP contribution in [0, 0.1) is 0 Å². The van der Waals surface area contributed by atoms with Gasteiger partial charge in [-0.25, -0.2) is 0 Å². The molecule has 0 fully saturated rings. The predicted molar refractivity (Wildman–Crippen MR) is 69.9 cm³/mol. The van der Waals surface area contributed by atoms with E-state index in [4.69, 9.17) is 11.5 Å². The van der Waals surface area contributed by atoms with Crippen molar-refractivity contribution in [3.05, 3.63) is 42.0 Å². The summed E-state index contributed by atoms with van der Waals surface area (Å²) in [5, 5.41) is 0.753. The average Bonchev–Trinajstić information content (AvgIpc) is 2.35. The van der Waals surface area contributed by atoms with E-state index in [-0.39, 0.29) is 4.90 Å². The van der Waals surface area contributed by atoms with Crippen LogP contribution in [-0.2, 0) is 14.9 Å². The molecule has 5 N–H and O–H groups in total. The molecule has 0 heterocycles. The smallest absolute Gasteiger partial charge is 0.295 e. The Morgan fingerprint density at radius 1 is 1.11 bits per heavy atom. The highest BCUT2D eigenvalue weighted by Gasteiger charge is 2.19. The number of nitrogens with two attached hydrogens (primary N) is 2. The molecule has 7 heteroatoms. The molecule has 19 heavy (non-hydrogen) atoms. The monoisotopic (exact) mass is 280 g/mol. The third-order valence-electron chi connectivity index (χ3n) is 2.84. The molecule has 2 aromatic rings. The Balaban J connectivity index is 2.82. The maximum atomic E-state index is 11.3. The minimum Gasteiger partial charge on any atom is -0.368 e. The molecule has 0 aliphatic carbocycles. The van der Waals surface area contributed by atoms with Crippen LogP contribution in [-0.4, -0.2) is 18.9 Å². The number of benzene rings is 2. The highest BCUT2D eigenvalue weighted by atomic mass is 32.2. The average molecular weight is 280 g/mol. The van der Waals surface area contributed by atoms with E-state index >= 15 is 0 Å². The molecule has 0 aromatic heterocycles. The fourth-order valence-electron chi connectivity index (χ4n) is 1.95. The topological polar surface area (TPSA) is 123 Å². The van der Waals surface area contributed by atoms with Crippen LogP contribution in [0.5, 0.6) is 0 Å². The number of carbonyl (C=O) groups excluding carboxylic acids is 1.